The van der Waals surface area contributed by atoms with Crippen LogP contribution in [0.15, 0.2) is 48.2 Å². The Balaban J connectivity index is 0.00000264. The summed E-state index contributed by atoms with van der Waals surface area (Å²) >= 11 is 0. The molecule has 5 heteroatoms. The molecule has 2 nitrogen and oxygen atoms in total. The van der Waals surface area contributed by atoms with Crippen molar-refractivity contribution in [3.63, 3.8) is 0 Å². The molecule has 0 aliphatic carbocycles. The van der Waals surface area contributed by atoms with Crippen LogP contribution in [0, 0.1) is 18.4 Å². The molecule has 2 rings (SSSR count). The maximum atomic E-state index is 12.9. The number of terminal acetylenes is 1. The molecule has 0 N–H and O–H groups in total. The van der Waals surface area contributed by atoms with Gasteiger partial charge in [-0.15, -0.1) is 24.5 Å². The first kappa shape index (κ1) is 19.6. The van der Waals surface area contributed by atoms with E-state index in [1.54, 1.807) is 30.3 Å². The van der Waals surface area contributed by atoms with Crippen molar-refractivity contribution in [2.75, 3.05) is 13.2 Å². The summed E-state index contributed by atoms with van der Waals surface area (Å²) in [5.74, 6) is 3.16. The minimum absolute atomic E-state index is 0. The van der Waals surface area contributed by atoms with E-state index >= 15 is 0 Å². The second-order valence-corrected chi connectivity index (χ2v) is 4.60. The molecule has 1 aromatic rings. The summed E-state index contributed by atoms with van der Waals surface area (Å²) < 4.78 is 31.1. The summed E-state index contributed by atoms with van der Waals surface area (Å²) in [4.78, 5) is 1.40. The Morgan fingerprint density at radius 3 is 2.52 bits per heavy atom. The van der Waals surface area contributed by atoms with Crippen molar-refractivity contribution in [1.29, 1.82) is 0 Å². The Hall–Kier alpha value is -1.44. The standard InChI is InChI=1S/C18H16F2NO.Y/c1-4-14-8-11-17(21(13(14)3)12-18(19)20)15-6-9-16(10-7-15)22-5-2;/h1,6-10,18H,3,5,12H2,2H3;/q-1;. The van der Waals surface area contributed by atoms with E-state index in [0.717, 1.165) is 11.3 Å². The van der Waals surface area contributed by atoms with Crippen LogP contribution in [-0.2, 0) is 32.7 Å². The zero-order valence-corrected chi connectivity index (χ0v) is 15.7. The van der Waals surface area contributed by atoms with E-state index in [1.165, 1.54) is 4.90 Å². The topological polar surface area (TPSA) is 12.5 Å². The van der Waals surface area contributed by atoms with Crippen molar-refractivity contribution in [2.24, 2.45) is 0 Å². The monoisotopic (exact) mass is 389 g/mol. The van der Waals surface area contributed by atoms with Crippen molar-refractivity contribution in [1.82, 2.24) is 4.90 Å². The molecule has 0 saturated carbocycles. The van der Waals surface area contributed by atoms with E-state index in [-0.39, 0.29) is 32.7 Å². The Morgan fingerprint density at radius 2 is 2.00 bits per heavy atom. The van der Waals surface area contributed by atoms with E-state index in [9.17, 15) is 8.78 Å². The van der Waals surface area contributed by atoms with Gasteiger partial charge in [0.15, 0.2) is 0 Å². The van der Waals surface area contributed by atoms with Gasteiger partial charge in [0, 0.05) is 32.7 Å². The van der Waals surface area contributed by atoms with Gasteiger partial charge in [0.2, 0.25) is 0 Å². The third-order valence-corrected chi connectivity index (χ3v) is 3.17. The molecule has 1 aromatic carbocycles. The molecule has 1 aliphatic rings. The molecule has 0 atom stereocenters. The van der Waals surface area contributed by atoms with Gasteiger partial charge in [-0.25, -0.2) is 8.78 Å². The van der Waals surface area contributed by atoms with Crippen LogP contribution in [0.3, 0.4) is 0 Å². The number of alkyl halides is 2. The minimum atomic E-state index is -2.51. The van der Waals surface area contributed by atoms with Crippen LogP contribution < -0.4 is 4.74 Å². The van der Waals surface area contributed by atoms with Gasteiger partial charge in [-0.2, -0.15) is 12.2 Å². The minimum Gasteiger partial charge on any atom is -0.494 e. The molecule has 1 heterocycles. The van der Waals surface area contributed by atoms with Crippen molar-refractivity contribution in [3.05, 3.63) is 59.8 Å². The average molecular weight is 389 g/mol. The zero-order valence-electron chi connectivity index (χ0n) is 12.9. The fraction of sp³-hybridized carbons (Fsp3) is 0.222. The molecule has 117 valence electrons. The molecule has 0 aromatic heterocycles. The van der Waals surface area contributed by atoms with Crippen LogP contribution in [0.5, 0.6) is 5.75 Å². The van der Waals surface area contributed by atoms with E-state index < -0.39 is 13.0 Å². The number of halogens is 2. The number of hydrogen-bond acceptors (Lipinski definition) is 2. The normalized spacial score (nSPS) is 13.9. The smallest absolute Gasteiger partial charge is 0.256 e. The van der Waals surface area contributed by atoms with Gasteiger partial charge in [0.1, 0.15) is 5.75 Å². The third-order valence-electron chi connectivity index (χ3n) is 3.17. The number of rotatable bonds is 5. The average Bonchev–Trinajstić information content (AvgIpc) is 2.50. The van der Waals surface area contributed by atoms with Crippen molar-refractivity contribution in [3.8, 4) is 18.1 Å². The summed E-state index contributed by atoms with van der Waals surface area (Å²) in [7, 11) is 0. The number of benzene rings is 1. The molecule has 0 bridgehead atoms. The molecular weight excluding hydrogens is 373 g/mol. The molecule has 0 amide bonds. The summed E-state index contributed by atoms with van der Waals surface area (Å²) in [6, 6.07) is 7.18. The first-order valence-electron chi connectivity index (χ1n) is 6.85. The van der Waals surface area contributed by atoms with Crippen LogP contribution in [0.4, 0.5) is 8.78 Å². The van der Waals surface area contributed by atoms with Gasteiger partial charge in [0.25, 0.3) is 6.43 Å². The fourth-order valence-electron chi connectivity index (χ4n) is 2.16. The Labute approximate surface area is 160 Å². The van der Waals surface area contributed by atoms with Gasteiger partial charge < -0.3 is 9.64 Å². The largest absolute Gasteiger partial charge is 0.494 e. The second-order valence-electron chi connectivity index (χ2n) is 4.60. The summed E-state index contributed by atoms with van der Waals surface area (Å²) in [6.45, 7) is 5.80. The fourth-order valence-corrected chi connectivity index (χ4v) is 2.16. The van der Waals surface area contributed by atoms with Crippen molar-refractivity contribution in [2.45, 2.75) is 13.3 Å². The molecule has 1 aliphatic heterocycles. The zero-order chi connectivity index (χ0) is 16.1. The van der Waals surface area contributed by atoms with Crippen LogP contribution in [0.25, 0.3) is 5.70 Å². The number of hydrogen-bond donors (Lipinski definition) is 0. The van der Waals surface area contributed by atoms with E-state index in [0.29, 0.717) is 23.6 Å². The predicted octanol–water partition coefficient (Wildman–Crippen LogP) is 3.88. The van der Waals surface area contributed by atoms with E-state index in [2.05, 4.69) is 18.6 Å². The Morgan fingerprint density at radius 1 is 1.35 bits per heavy atom. The Kier molecular flexibility index (Phi) is 7.68. The Bertz CT molecular complexity index is 657. The molecule has 0 spiro atoms. The molecule has 0 fully saturated rings. The van der Waals surface area contributed by atoms with Crippen LogP contribution in [-0.4, -0.2) is 24.5 Å². The maximum Gasteiger partial charge on any atom is 0.256 e. The summed E-state index contributed by atoms with van der Waals surface area (Å²) in [5.41, 5.74) is 2.10. The van der Waals surface area contributed by atoms with Gasteiger partial charge in [-0.3, -0.25) is 0 Å². The maximum absolute atomic E-state index is 12.9. The molecule has 0 saturated heterocycles. The van der Waals surface area contributed by atoms with E-state index in [4.69, 9.17) is 11.2 Å². The van der Waals surface area contributed by atoms with Crippen molar-refractivity contribution >= 4 is 5.70 Å². The SMILES string of the molecule is C#CC1=C[C-]=C(c2ccc(OCC)cc2)N(CC(F)F)C1=C.[Y]. The first-order chi connectivity index (χ1) is 10.6. The third kappa shape index (κ3) is 4.77. The van der Waals surface area contributed by atoms with Gasteiger partial charge in [-0.05, 0) is 24.8 Å². The summed E-state index contributed by atoms with van der Waals surface area (Å²) in [6.07, 6.45) is 7.43. The van der Waals surface area contributed by atoms with Crippen LogP contribution in [0.2, 0.25) is 0 Å². The van der Waals surface area contributed by atoms with Gasteiger partial charge >= 0.3 is 0 Å². The second kappa shape index (κ2) is 9.01. The molecule has 0 unspecified atom stereocenters. The summed E-state index contributed by atoms with van der Waals surface area (Å²) in [5, 5.41) is 0. The first-order valence-corrected chi connectivity index (χ1v) is 6.85. The predicted molar refractivity (Wildman–Crippen MR) is 83.0 cm³/mol. The van der Waals surface area contributed by atoms with Crippen LogP contribution in [0.1, 0.15) is 12.5 Å². The number of ether oxygens (including phenoxy) is 1. The molecular formula is C18H16F2NOY-. The van der Waals surface area contributed by atoms with Crippen LogP contribution >= 0.6 is 0 Å². The number of nitrogens with zero attached hydrogens (tertiary/aromatic N) is 1. The molecule has 1 radical (unpaired) electrons. The molecule has 23 heavy (non-hydrogen) atoms. The quantitative estimate of drug-likeness (QED) is 0.560. The number of allylic oxidation sites excluding steroid dienone is 3. The van der Waals surface area contributed by atoms with Crippen molar-refractivity contribution < 1.29 is 46.2 Å². The van der Waals surface area contributed by atoms with Gasteiger partial charge in [0.05, 0.1) is 13.2 Å². The van der Waals surface area contributed by atoms with E-state index in [1.807, 2.05) is 6.92 Å². The van der Waals surface area contributed by atoms with Gasteiger partial charge in [-0.1, -0.05) is 23.4 Å².